The fraction of sp³-hybridized carbons (Fsp3) is 0.458. The van der Waals surface area contributed by atoms with Gasteiger partial charge in [0.25, 0.3) is 0 Å². The van der Waals surface area contributed by atoms with Crippen LogP contribution in [0.1, 0.15) is 57.9 Å². The summed E-state index contributed by atoms with van der Waals surface area (Å²) < 4.78 is 2.26. The van der Waals surface area contributed by atoms with E-state index in [1.807, 2.05) is 0 Å². The summed E-state index contributed by atoms with van der Waals surface area (Å²) in [6.45, 7) is 17.8. The van der Waals surface area contributed by atoms with E-state index >= 15 is 0 Å². The molecule has 0 aliphatic heterocycles. The van der Waals surface area contributed by atoms with Crippen molar-refractivity contribution in [1.29, 1.82) is 0 Å². The van der Waals surface area contributed by atoms with Crippen LogP contribution < -0.4 is 5.32 Å². The van der Waals surface area contributed by atoms with Crippen molar-refractivity contribution in [1.82, 2.24) is 9.38 Å². The Balaban J connectivity index is 2.19. The van der Waals surface area contributed by atoms with E-state index in [2.05, 4.69) is 102 Å². The molecule has 0 amide bonds. The second-order valence-corrected chi connectivity index (χ2v) is 9.79. The maximum Gasteiger partial charge on any atom is 0.139 e. The fourth-order valence-corrected chi connectivity index (χ4v) is 4.25. The summed E-state index contributed by atoms with van der Waals surface area (Å²) >= 11 is 0. The van der Waals surface area contributed by atoms with Crippen molar-refractivity contribution in [3.8, 4) is 11.3 Å². The summed E-state index contributed by atoms with van der Waals surface area (Å²) in [5, 5.41) is 3.84. The highest BCUT2D eigenvalue weighted by Crippen LogP contribution is 2.35. The average Bonchev–Trinajstić information content (AvgIpc) is 2.83. The summed E-state index contributed by atoms with van der Waals surface area (Å²) in [6.07, 6.45) is 1.06. The zero-order chi connectivity index (χ0) is 20.0. The minimum Gasteiger partial charge on any atom is -0.364 e. The molecule has 0 radical (unpaired) electrons. The van der Waals surface area contributed by atoms with E-state index in [-0.39, 0.29) is 11.0 Å². The monoisotopic (exact) mass is 363 g/mol. The molecule has 2 aromatic heterocycles. The summed E-state index contributed by atoms with van der Waals surface area (Å²) in [6, 6.07) is 13.0. The first-order valence-corrected chi connectivity index (χ1v) is 9.80. The van der Waals surface area contributed by atoms with Crippen molar-refractivity contribution in [3.63, 3.8) is 0 Å². The predicted molar refractivity (Wildman–Crippen MR) is 117 cm³/mol. The first-order valence-electron chi connectivity index (χ1n) is 9.80. The molecule has 3 heteroatoms. The largest absolute Gasteiger partial charge is 0.364 e. The highest BCUT2D eigenvalue weighted by molar-refractivity contribution is 5.77. The Bertz CT molecular complexity index is 954. The standard InChI is InChI=1S/C24H33N3/c1-16-9-11-19(12-10-16)21-22(26-24(7,8)15-23(4,5)6)27-18(3)13-17(2)14-20(27)25-21/h9-14,26H,15H2,1-8H3. The number of anilines is 1. The van der Waals surface area contributed by atoms with Gasteiger partial charge in [-0.05, 0) is 64.2 Å². The quantitative estimate of drug-likeness (QED) is 0.569. The Morgan fingerprint density at radius 3 is 2.11 bits per heavy atom. The predicted octanol–water partition coefficient (Wildman–Crippen LogP) is 6.55. The second-order valence-electron chi connectivity index (χ2n) is 9.79. The van der Waals surface area contributed by atoms with Gasteiger partial charge >= 0.3 is 0 Å². The van der Waals surface area contributed by atoms with E-state index in [0.717, 1.165) is 29.1 Å². The summed E-state index contributed by atoms with van der Waals surface area (Å²) in [4.78, 5) is 5.02. The van der Waals surface area contributed by atoms with Gasteiger partial charge in [-0.25, -0.2) is 4.98 Å². The first-order chi connectivity index (χ1) is 12.5. The van der Waals surface area contributed by atoms with E-state index in [4.69, 9.17) is 4.98 Å². The van der Waals surface area contributed by atoms with Gasteiger partial charge in [0, 0.05) is 16.8 Å². The van der Waals surface area contributed by atoms with E-state index in [9.17, 15) is 0 Å². The van der Waals surface area contributed by atoms with E-state index in [1.165, 1.54) is 16.8 Å². The summed E-state index contributed by atoms with van der Waals surface area (Å²) in [5.41, 5.74) is 7.05. The van der Waals surface area contributed by atoms with Gasteiger partial charge in [0.05, 0.1) is 0 Å². The van der Waals surface area contributed by atoms with E-state index in [0.29, 0.717) is 0 Å². The molecule has 2 heterocycles. The van der Waals surface area contributed by atoms with Crippen molar-refractivity contribution < 1.29 is 0 Å². The molecule has 1 N–H and O–H groups in total. The lowest BCUT2D eigenvalue weighted by molar-refractivity contribution is 0.302. The molecule has 3 aromatic rings. The second kappa shape index (κ2) is 6.70. The molecule has 0 aliphatic carbocycles. The molecule has 27 heavy (non-hydrogen) atoms. The van der Waals surface area contributed by atoms with Gasteiger partial charge in [0.2, 0.25) is 0 Å². The van der Waals surface area contributed by atoms with Gasteiger partial charge in [-0.2, -0.15) is 0 Å². The van der Waals surface area contributed by atoms with Crippen LogP contribution in [0.2, 0.25) is 0 Å². The number of nitrogens with zero attached hydrogens (tertiary/aromatic N) is 2. The smallest absolute Gasteiger partial charge is 0.139 e. The molecular formula is C24H33N3. The summed E-state index contributed by atoms with van der Waals surface area (Å²) in [5.74, 6) is 1.08. The molecule has 0 saturated heterocycles. The number of rotatable bonds is 4. The first kappa shape index (κ1) is 19.5. The normalized spacial score (nSPS) is 12.6. The highest BCUT2D eigenvalue weighted by atomic mass is 15.2. The molecule has 3 nitrogen and oxygen atoms in total. The van der Waals surface area contributed by atoms with Crippen LogP contribution in [-0.4, -0.2) is 14.9 Å². The van der Waals surface area contributed by atoms with Crippen LogP contribution in [0.4, 0.5) is 5.82 Å². The minimum atomic E-state index is -0.0506. The number of imidazole rings is 1. The number of pyridine rings is 1. The lowest BCUT2D eigenvalue weighted by atomic mass is 9.82. The Morgan fingerprint density at radius 2 is 1.52 bits per heavy atom. The van der Waals surface area contributed by atoms with Crippen LogP contribution in [0.25, 0.3) is 16.9 Å². The van der Waals surface area contributed by atoms with Crippen LogP contribution in [-0.2, 0) is 0 Å². The van der Waals surface area contributed by atoms with E-state index < -0.39 is 0 Å². The SMILES string of the molecule is Cc1ccc(-c2nc3cc(C)cc(C)n3c2NC(C)(C)CC(C)(C)C)cc1. The third-order valence-corrected chi connectivity index (χ3v) is 4.80. The lowest BCUT2D eigenvalue weighted by Crippen LogP contribution is -2.36. The molecule has 0 fully saturated rings. The van der Waals surface area contributed by atoms with Crippen molar-refractivity contribution in [2.24, 2.45) is 5.41 Å². The van der Waals surface area contributed by atoms with Crippen molar-refractivity contribution in [2.45, 2.75) is 67.3 Å². The van der Waals surface area contributed by atoms with Gasteiger partial charge in [0.15, 0.2) is 0 Å². The third-order valence-electron chi connectivity index (χ3n) is 4.80. The van der Waals surface area contributed by atoms with Crippen molar-refractivity contribution in [3.05, 3.63) is 53.2 Å². The fourth-order valence-electron chi connectivity index (χ4n) is 4.25. The third kappa shape index (κ3) is 4.35. The Hall–Kier alpha value is -2.29. The molecule has 0 bridgehead atoms. The van der Waals surface area contributed by atoms with Crippen LogP contribution >= 0.6 is 0 Å². The maximum atomic E-state index is 5.02. The molecule has 0 atom stereocenters. The van der Waals surface area contributed by atoms with Crippen molar-refractivity contribution >= 4 is 11.5 Å². The number of aromatic nitrogens is 2. The maximum absolute atomic E-state index is 5.02. The molecule has 144 valence electrons. The van der Waals surface area contributed by atoms with Gasteiger partial charge in [-0.15, -0.1) is 0 Å². The van der Waals surface area contributed by atoms with E-state index in [1.54, 1.807) is 0 Å². The number of benzene rings is 1. The molecule has 0 saturated carbocycles. The van der Waals surface area contributed by atoms with Gasteiger partial charge in [-0.1, -0.05) is 50.6 Å². The van der Waals surface area contributed by atoms with Gasteiger partial charge in [0.1, 0.15) is 17.2 Å². The van der Waals surface area contributed by atoms with Crippen LogP contribution in [0.3, 0.4) is 0 Å². The Kier molecular flexibility index (Phi) is 4.83. The zero-order valence-electron chi connectivity index (χ0n) is 18.1. The van der Waals surface area contributed by atoms with Crippen molar-refractivity contribution in [2.75, 3.05) is 5.32 Å². The minimum absolute atomic E-state index is 0.0506. The molecule has 0 aliphatic rings. The molecular weight excluding hydrogens is 330 g/mol. The summed E-state index contributed by atoms with van der Waals surface area (Å²) in [7, 11) is 0. The Labute approximate surface area is 163 Å². The number of fused-ring (bicyclic) bond motifs is 1. The molecule has 3 rings (SSSR count). The number of nitrogens with one attached hydrogen (secondary N) is 1. The number of hydrogen-bond acceptors (Lipinski definition) is 2. The lowest BCUT2D eigenvalue weighted by Gasteiger charge is -2.34. The zero-order valence-corrected chi connectivity index (χ0v) is 18.1. The van der Waals surface area contributed by atoms with Gasteiger partial charge in [-0.3, -0.25) is 4.40 Å². The average molecular weight is 364 g/mol. The Morgan fingerprint density at radius 1 is 0.889 bits per heavy atom. The molecule has 1 aromatic carbocycles. The van der Waals surface area contributed by atoms with Crippen LogP contribution in [0, 0.1) is 26.2 Å². The van der Waals surface area contributed by atoms with Gasteiger partial charge < -0.3 is 5.32 Å². The molecule has 0 unspecified atom stereocenters. The topological polar surface area (TPSA) is 29.3 Å². The number of aryl methyl sites for hydroxylation is 3. The highest BCUT2D eigenvalue weighted by Gasteiger charge is 2.28. The number of hydrogen-bond donors (Lipinski definition) is 1. The van der Waals surface area contributed by atoms with Crippen LogP contribution in [0.5, 0.6) is 0 Å². The van der Waals surface area contributed by atoms with Crippen LogP contribution in [0.15, 0.2) is 36.4 Å². The molecule has 0 spiro atoms.